The van der Waals surface area contributed by atoms with Crippen LogP contribution in [0.5, 0.6) is 0 Å². The van der Waals surface area contributed by atoms with Crippen LogP contribution in [0.3, 0.4) is 0 Å². The summed E-state index contributed by atoms with van der Waals surface area (Å²) in [4.78, 5) is 26.4. The summed E-state index contributed by atoms with van der Waals surface area (Å²) in [5, 5.41) is 2.62. The highest BCUT2D eigenvalue weighted by molar-refractivity contribution is 5.90. The van der Waals surface area contributed by atoms with Crippen molar-refractivity contribution >= 4 is 23.4 Å². The maximum atomic E-state index is 14.6. The highest BCUT2D eigenvalue weighted by atomic mass is 19.1. The Balaban J connectivity index is 1.66. The van der Waals surface area contributed by atoms with Gasteiger partial charge in [-0.1, -0.05) is 0 Å². The lowest BCUT2D eigenvalue weighted by molar-refractivity contribution is -0.119. The van der Waals surface area contributed by atoms with Crippen molar-refractivity contribution in [2.75, 3.05) is 43.1 Å². The van der Waals surface area contributed by atoms with Gasteiger partial charge in [0.15, 0.2) is 0 Å². The molecule has 0 radical (unpaired) electrons. The first-order valence-electron chi connectivity index (χ1n) is 8.78. The number of rotatable bonds is 5. The Kier molecular flexibility index (Phi) is 5.61. The molecule has 2 aliphatic heterocycles. The van der Waals surface area contributed by atoms with Crippen molar-refractivity contribution in [1.82, 2.24) is 5.32 Å². The van der Waals surface area contributed by atoms with Gasteiger partial charge in [0.1, 0.15) is 11.9 Å². The third-order valence-electron chi connectivity index (χ3n) is 4.81. The zero-order valence-corrected chi connectivity index (χ0v) is 15.0. The number of anilines is 2. The van der Waals surface area contributed by atoms with E-state index in [1.165, 1.54) is 17.9 Å². The molecule has 0 aliphatic carbocycles. The Morgan fingerprint density at radius 3 is 2.73 bits per heavy atom. The lowest BCUT2D eigenvalue weighted by Crippen LogP contribution is -2.37. The van der Waals surface area contributed by atoms with Gasteiger partial charge in [-0.25, -0.2) is 9.18 Å². The van der Waals surface area contributed by atoms with E-state index < -0.39 is 12.2 Å². The van der Waals surface area contributed by atoms with Crippen molar-refractivity contribution in [1.29, 1.82) is 0 Å². The number of cyclic esters (lactones) is 1. The second-order valence-electron chi connectivity index (χ2n) is 6.61. The average Bonchev–Trinajstić information content (AvgIpc) is 3.01. The number of amides is 2. The summed E-state index contributed by atoms with van der Waals surface area (Å²) < 4.78 is 25.2. The Morgan fingerprint density at radius 2 is 2.12 bits per heavy atom. The molecule has 7 nitrogen and oxygen atoms in total. The SMILES string of the molecule is COC1CCN(c2ccc(N3CC(CNC(C)=O)OC3=O)cc2F)CC1. The molecule has 0 aromatic heterocycles. The van der Waals surface area contributed by atoms with Gasteiger partial charge in [0.05, 0.1) is 30.6 Å². The highest BCUT2D eigenvalue weighted by Crippen LogP contribution is 2.29. The van der Waals surface area contributed by atoms with Gasteiger partial charge in [-0.05, 0) is 31.0 Å². The molecule has 1 atom stereocenters. The minimum atomic E-state index is -0.534. The Hall–Kier alpha value is -2.35. The monoisotopic (exact) mass is 365 g/mol. The van der Waals surface area contributed by atoms with Gasteiger partial charge in [0.25, 0.3) is 0 Å². The van der Waals surface area contributed by atoms with Crippen molar-refractivity contribution in [3.63, 3.8) is 0 Å². The summed E-state index contributed by atoms with van der Waals surface area (Å²) in [6.45, 7) is 3.39. The molecule has 3 rings (SSSR count). The van der Waals surface area contributed by atoms with Gasteiger partial charge in [0, 0.05) is 27.1 Å². The lowest BCUT2D eigenvalue weighted by atomic mass is 10.1. The zero-order chi connectivity index (χ0) is 18.7. The smallest absolute Gasteiger partial charge is 0.414 e. The van der Waals surface area contributed by atoms with Crippen LogP contribution in [0, 0.1) is 5.82 Å². The van der Waals surface area contributed by atoms with Crippen LogP contribution in [0.2, 0.25) is 0 Å². The molecule has 1 aromatic carbocycles. The van der Waals surface area contributed by atoms with Gasteiger partial charge in [-0.15, -0.1) is 0 Å². The minimum Gasteiger partial charge on any atom is -0.442 e. The number of nitrogens with zero attached hydrogens (tertiary/aromatic N) is 2. The van der Waals surface area contributed by atoms with Gasteiger partial charge in [-0.3, -0.25) is 9.69 Å². The Bertz CT molecular complexity index is 676. The fourth-order valence-electron chi connectivity index (χ4n) is 3.35. The van der Waals surface area contributed by atoms with E-state index in [4.69, 9.17) is 9.47 Å². The predicted octanol–water partition coefficient (Wildman–Crippen LogP) is 1.90. The van der Waals surface area contributed by atoms with Crippen LogP contribution < -0.4 is 15.1 Å². The number of nitrogens with one attached hydrogen (secondary N) is 1. The van der Waals surface area contributed by atoms with Crippen LogP contribution >= 0.6 is 0 Å². The van der Waals surface area contributed by atoms with Crippen LogP contribution in [0.1, 0.15) is 19.8 Å². The lowest BCUT2D eigenvalue weighted by Gasteiger charge is -2.33. The number of methoxy groups -OCH3 is 1. The molecule has 1 unspecified atom stereocenters. The molecule has 2 aliphatic rings. The molecule has 0 bridgehead atoms. The first kappa shape index (κ1) is 18.4. The number of carbonyl (C=O) groups excluding carboxylic acids is 2. The molecule has 0 saturated carbocycles. The summed E-state index contributed by atoms with van der Waals surface area (Å²) in [5.74, 6) is -0.552. The van der Waals surface area contributed by atoms with Crippen molar-refractivity contribution in [2.24, 2.45) is 0 Å². The first-order chi connectivity index (χ1) is 12.5. The number of carbonyl (C=O) groups is 2. The zero-order valence-electron chi connectivity index (χ0n) is 15.0. The van der Waals surface area contributed by atoms with E-state index in [1.54, 1.807) is 19.2 Å². The van der Waals surface area contributed by atoms with Crippen molar-refractivity contribution in [2.45, 2.75) is 32.0 Å². The van der Waals surface area contributed by atoms with Gasteiger partial charge < -0.3 is 19.7 Å². The van der Waals surface area contributed by atoms with Crippen molar-refractivity contribution in [3.05, 3.63) is 24.0 Å². The fraction of sp³-hybridized carbons (Fsp3) is 0.556. The molecule has 1 N–H and O–H groups in total. The van der Waals surface area contributed by atoms with E-state index in [0.717, 1.165) is 25.9 Å². The minimum absolute atomic E-state index is 0.188. The fourth-order valence-corrected chi connectivity index (χ4v) is 3.35. The summed E-state index contributed by atoms with van der Waals surface area (Å²) in [6.07, 6.45) is 0.978. The van der Waals surface area contributed by atoms with E-state index in [2.05, 4.69) is 5.32 Å². The number of ether oxygens (including phenoxy) is 2. The van der Waals surface area contributed by atoms with E-state index in [0.29, 0.717) is 11.4 Å². The second kappa shape index (κ2) is 7.90. The standard InChI is InChI=1S/C18H24FN3O4/c1-12(23)20-10-15-11-22(18(24)26-15)13-3-4-17(16(19)9-13)21-7-5-14(25-2)6-8-21/h3-4,9,14-15H,5-8,10-11H2,1-2H3,(H,20,23). The van der Waals surface area contributed by atoms with Gasteiger partial charge in [0.2, 0.25) is 5.91 Å². The number of hydrogen-bond acceptors (Lipinski definition) is 5. The molecular weight excluding hydrogens is 341 g/mol. The van der Waals surface area contributed by atoms with Crippen molar-refractivity contribution < 1.29 is 23.5 Å². The quantitative estimate of drug-likeness (QED) is 0.863. The second-order valence-corrected chi connectivity index (χ2v) is 6.61. The Morgan fingerprint density at radius 1 is 1.38 bits per heavy atom. The molecule has 2 saturated heterocycles. The molecule has 26 heavy (non-hydrogen) atoms. The van der Waals surface area contributed by atoms with Crippen LogP contribution in [-0.2, 0) is 14.3 Å². The summed E-state index contributed by atoms with van der Waals surface area (Å²) >= 11 is 0. The topological polar surface area (TPSA) is 71.1 Å². The highest BCUT2D eigenvalue weighted by Gasteiger charge is 2.33. The van der Waals surface area contributed by atoms with Gasteiger partial charge in [-0.2, -0.15) is 0 Å². The molecule has 2 fully saturated rings. The average molecular weight is 365 g/mol. The van der Waals surface area contributed by atoms with E-state index in [9.17, 15) is 14.0 Å². The third kappa shape index (κ3) is 4.07. The third-order valence-corrected chi connectivity index (χ3v) is 4.81. The number of halogens is 1. The number of piperidine rings is 1. The van der Waals surface area contributed by atoms with Crippen LogP contribution in [-0.4, -0.2) is 57.5 Å². The summed E-state index contributed by atoms with van der Waals surface area (Å²) in [5.41, 5.74) is 0.985. The molecule has 2 heterocycles. The molecule has 2 amide bonds. The molecule has 8 heteroatoms. The van der Waals surface area contributed by atoms with Crippen LogP contribution in [0.4, 0.5) is 20.6 Å². The maximum Gasteiger partial charge on any atom is 0.414 e. The van der Waals surface area contributed by atoms with E-state index in [1.807, 2.05) is 4.90 Å². The van der Waals surface area contributed by atoms with E-state index in [-0.39, 0.29) is 30.9 Å². The first-order valence-corrected chi connectivity index (χ1v) is 8.78. The normalized spacial score (nSPS) is 21.0. The van der Waals surface area contributed by atoms with E-state index >= 15 is 0 Å². The molecule has 1 aromatic rings. The number of hydrogen-bond donors (Lipinski definition) is 1. The summed E-state index contributed by atoms with van der Waals surface area (Å²) in [6, 6.07) is 4.79. The predicted molar refractivity (Wildman–Crippen MR) is 94.9 cm³/mol. The maximum absolute atomic E-state index is 14.6. The van der Waals surface area contributed by atoms with Crippen LogP contribution in [0.25, 0.3) is 0 Å². The van der Waals surface area contributed by atoms with Gasteiger partial charge >= 0.3 is 6.09 Å². The molecule has 0 spiro atoms. The molecule has 142 valence electrons. The van der Waals surface area contributed by atoms with Crippen molar-refractivity contribution in [3.8, 4) is 0 Å². The summed E-state index contributed by atoms with van der Waals surface area (Å²) in [7, 11) is 1.70. The Labute approximate surface area is 152 Å². The molecular formula is C18H24FN3O4. The van der Waals surface area contributed by atoms with Crippen LogP contribution in [0.15, 0.2) is 18.2 Å². The largest absolute Gasteiger partial charge is 0.442 e. The number of benzene rings is 1.